The number of nitrogens with one attached hydrogen (secondary N) is 2. The van der Waals surface area contributed by atoms with Gasteiger partial charge in [-0.25, -0.2) is 4.98 Å². The van der Waals surface area contributed by atoms with E-state index in [2.05, 4.69) is 20.2 Å². The largest absolute Gasteiger partial charge is 0.355 e. The Kier molecular flexibility index (Phi) is 5.00. The Bertz CT molecular complexity index is 740. The van der Waals surface area contributed by atoms with Crippen molar-refractivity contribution in [2.24, 2.45) is 5.92 Å². The lowest BCUT2D eigenvalue weighted by Crippen LogP contribution is -2.43. The average molecular weight is 373 g/mol. The van der Waals surface area contributed by atoms with Crippen molar-refractivity contribution in [1.29, 1.82) is 0 Å². The van der Waals surface area contributed by atoms with Gasteiger partial charge in [-0.15, -0.1) is 0 Å². The third-order valence-corrected chi connectivity index (χ3v) is 5.92. The molecule has 2 fully saturated rings. The molecule has 1 atom stereocenters. The van der Waals surface area contributed by atoms with E-state index < -0.39 is 0 Å². The lowest BCUT2D eigenvalue weighted by Gasteiger charge is -2.32. The number of hydrogen-bond donors (Lipinski definition) is 2. The number of rotatable bonds is 6. The topological polar surface area (TPSA) is 61.0 Å². The van der Waals surface area contributed by atoms with Gasteiger partial charge in [0.2, 0.25) is 5.91 Å². The molecule has 138 valence electrons. The average Bonchev–Trinajstić information content (AvgIpc) is 3.31. The first-order valence-corrected chi connectivity index (χ1v) is 9.78. The van der Waals surface area contributed by atoms with Gasteiger partial charge in [0, 0.05) is 30.5 Å². The molecule has 1 amide bonds. The molecule has 0 spiro atoms. The van der Waals surface area contributed by atoms with Gasteiger partial charge in [0.25, 0.3) is 0 Å². The van der Waals surface area contributed by atoms with E-state index in [-0.39, 0.29) is 11.3 Å². The zero-order valence-corrected chi connectivity index (χ0v) is 15.6. The number of likely N-dealkylation sites (tertiary alicyclic amines) is 1. The number of hydrogen-bond acceptors (Lipinski definition) is 3. The maximum absolute atomic E-state index is 12.8. The highest BCUT2D eigenvalue weighted by Gasteiger charge is 2.51. The smallest absolute Gasteiger partial charge is 0.230 e. The monoisotopic (exact) mass is 372 g/mol. The number of benzene rings is 1. The summed E-state index contributed by atoms with van der Waals surface area (Å²) in [5, 5.41) is 3.94. The molecule has 2 heterocycles. The second-order valence-electron chi connectivity index (χ2n) is 7.58. The molecule has 2 N–H and O–H groups in total. The Morgan fingerprint density at radius 3 is 2.85 bits per heavy atom. The molecule has 1 aromatic carbocycles. The minimum Gasteiger partial charge on any atom is -0.355 e. The molecule has 1 saturated carbocycles. The molecule has 4 rings (SSSR count). The molecule has 2 aliphatic rings. The lowest BCUT2D eigenvalue weighted by molar-refractivity contribution is -0.123. The van der Waals surface area contributed by atoms with Gasteiger partial charge in [0.15, 0.2) is 0 Å². The Morgan fingerprint density at radius 2 is 2.15 bits per heavy atom. The van der Waals surface area contributed by atoms with Crippen LogP contribution < -0.4 is 5.32 Å². The third kappa shape index (κ3) is 3.79. The summed E-state index contributed by atoms with van der Waals surface area (Å²) in [5.74, 6) is 1.68. The zero-order chi connectivity index (χ0) is 18.0. The predicted octanol–water partition coefficient (Wildman–Crippen LogP) is 3.12. The normalized spacial score (nSPS) is 22.1. The number of halogens is 1. The van der Waals surface area contributed by atoms with Gasteiger partial charge in [-0.05, 0) is 55.8 Å². The first kappa shape index (κ1) is 17.6. The van der Waals surface area contributed by atoms with E-state index in [0.29, 0.717) is 10.9 Å². The summed E-state index contributed by atoms with van der Waals surface area (Å²) in [6, 6.07) is 7.72. The maximum atomic E-state index is 12.8. The van der Waals surface area contributed by atoms with Crippen LogP contribution in [0.25, 0.3) is 0 Å². The molecule has 5 nitrogen and oxygen atoms in total. The van der Waals surface area contributed by atoms with E-state index in [9.17, 15) is 4.79 Å². The first-order valence-electron chi connectivity index (χ1n) is 9.41. The highest BCUT2D eigenvalue weighted by Crippen LogP contribution is 2.48. The first-order chi connectivity index (χ1) is 12.7. The number of aromatic amines is 1. The van der Waals surface area contributed by atoms with Crippen molar-refractivity contribution < 1.29 is 4.79 Å². The molecule has 2 aromatic rings. The summed E-state index contributed by atoms with van der Waals surface area (Å²) in [6.45, 7) is 3.71. The van der Waals surface area contributed by atoms with Crippen molar-refractivity contribution in [3.63, 3.8) is 0 Å². The van der Waals surface area contributed by atoms with Crippen molar-refractivity contribution in [3.8, 4) is 0 Å². The van der Waals surface area contributed by atoms with Crippen LogP contribution in [0.1, 0.15) is 37.1 Å². The fraction of sp³-hybridized carbons (Fsp3) is 0.500. The SMILES string of the molecule is O=C(NCC1CCCN(Cc2ncc[nH]2)C1)C1(c2ccc(Cl)cc2)CC1. The number of nitrogens with zero attached hydrogens (tertiary/aromatic N) is 2. The molecule has 26 heavy (non-hydrogen) atoms. The van der Waals surface area contributed by atoms with E-state index in [4.69, 9.17) is 11.6 Å². The van der Waals surface area contributed by atoms with Crippen LogP contribution in [-0.4, -0.2) is 40.4 Å². The summed E-state index contributed by atoms with van der Waals surface area (Å²) >= 11 is 5.98. The molecule has 1 aliphatic carbocycles. The van der Waals surface area contributed by atoms with Gasteiger partial charge in [0.05, 0.1) is 12.0 Å². The van der Waals surface area contributed by atoms with E-state index in [1.54, 1.807) is 6.20 Å². The van der Waals surface area contributed by atoms with Gasteiger partial charge in [0.1, 0.15) is 5.82 Å². The molecule has 1 unspecified atom stereocenters. The van der Waals surface area contributed by atoms with Crippen LogP contribution >= 0.6 is 11.6 Å². The minimum atomic E-state index is -0.326. The van der Waals surface area contributed by atoms with Gasteiger partial charge < -0.3 is 10.3 Å². The van der Waals surface area contributed by atoms with Gasteiger partial charge in [-0.3, -0.25) is 9.69 Å². The predicted molar refractivity (Wildman–Crippen MR) is 102 cm³/mol. The fourth-order valence-electron chi connectivity index (χ4n) is 4.00. The summed E-state index contributed by atoms with van der Waals surface area (Å²) < 4.78 is 0. The van der Waals surface area contributed by atoms with Crippen molar-refractivity contribution in [3.05, 3.63) is 53.1 Å². The second-order valence-corrected chi connectivity index (χ2v) is 8.01. The Morgan fingerprint density at radius 1 is 1.35 bits per heavy atom. The highest BCUT2D eigenvalue weighted by molar-refractivity contribution is 6.30. The molecule has 0 bridgehead atoms. The number of imidazole rings is 1. The Hall–Kier alpha value is -1.85. The molecular weight excluding hydrogens is 348 g/mol. The zero-order valence-electron chi connectivity index (χ0n) is 14.9. The standard InChI is InChI=1S/C20H25ClN4O/c21-17-5-3-16(4-6-17)20(7-8-20)19(26)24-12-15-2-1-11-25(13-15)14-18-22-9-10-23-18/h3-6,9-10,15H,1-2,7-8,11-14H2,(H,22,23)(H,24,26). The number of aromatic nitrogens is 2. The number of H-pyrrole nitrogens is 1. The summed E-state index contributed by atoms with van der Waals surface area (Å²) in [5.41, 5.74) is 0.759. The number of amides is 1. The van der Waals surface area contributed by atoms with Gasteiger partial charge in [-0.1, -0.05) is 23.7 Å². The minimum absolute atomic E-state index is 0.169. The number of carbonyl (C=O) groups is 1. The van der Waals surface area contributed by atoms with Crippen molar-refractivity contribution in [2.75, 3.05) is 19.6 Å². The summed E-state index contributed by atoms with van der Waals surface area (Å²) in [6.07, 6.45) is 7.85. The van der Waals surface area contributed by atoms with Crippen LogP contribution in [-0.2, 0) is 16.8 Å². The summed E-state index contributed by atoms with van der Waals surface area (Å²) in [7, 11) is 0. The van der Waals surface area contributed by atoms with Crippen LogP contribution in [0.15, 0.2) is 36.7 Å². The second kappa shape index (κ2) is 7.41. The van der Waals surface area contributed by atoms with Crippen molar-refractivity contribution in [1.82, 2.24) is 20.2 Å². The molecule has 1 saturated heterocycles. The van der Waals surface area contributed by atoms with E-state index in [1.807, 2.05) is 30.5 Å². The van der Waals surface area contributed by atoms with Crippen LogP contribution in [0.2, 0.25) is 5.02 Å². The third-order valence-electron chi connectivity index (χ3n) is 5.66. The van der Waals surface area contributed by atoms with Crippen LogP contribution in [0.4, 0.5) is 0 Å². The molecule has 1 aromatic heterocycles. The van der Waals surface area contributed by atoms with Crippen LogP contribution in [0.5, 0.6) is 0 Å². The molecular formula is C20H25ClN4O. The maximum Gasteiger partial charge on any atom is 0.230 e. The lowest BCUT2D eigenvalue weighted by atomic mass is 9.93. The number of piperidine rings is 1. The summed E-state index contributed by atoms with van der Waals surface area (Å²) in [4.78, 5) is 22.7. The molecule has 6 heteroatoms. The van der Waals surface area contributed by atoms with E-state index in [1.165, 1.54) is 12.8 Å². The quantitative estimate of drug-likeness (QED) is 0.819. The van der Waals surface area contributed by atoms with Gasteiger partial charge >= 0.3 is 0 Å². The molecule has 1 aliphatic heterocycles. The van der Waals surface area contributed by atoms with E-state index in [0.717, 1.165) is 50.4 Å². The fourth-order valence-corrected chi connectivity index (χ4v) is 4.13. The Labute approximate surface area is 159 Å². The van der Waals surface area contributed by atoms with Gasteiger partial charge in [-0.2, -0.15) is 0 Å². The van der Waals surface area contributed by atoms with Crippen molar-refractivity contribution in [2.45, 2.75) is 37.6 Å². The van der Waals surface area contributed by atoms with Crippen LogP contribution in [0.3, 0.4) is 0 Å². The Balaban J connectivity index is 1.30. The van der Waals surface area contributed by atoms with Crippen LogP contribution in [0, 0.1) is 5.92 Å². The molecule has 0 radical (unpaired) electrons. The highest BCUT2D eigenvalue weighted by atomic mass is 35.5. The van der Waals surface area contributed by atoms with Crippen molar-refractivity contribution >= 4 is 17.5 Å². The number of carbonyl (C=O) groups excluding carboxylic acids is 1. The van der Waals surface area contributed by atoms with E-state index >= 15 is 0 Å².